The van der Waals surface area contributed by atoms with Crippen LogP contribution >= 0.6 is 12.4 Å². The average Bonchev–Trinajstić information content (AvgIpc) is 2.89. The molecular formula is C14H18ClN3O. The van der Waals surface area contributed by atoms with Gasteiger partial charge in [-0.1, -0.05) is 18.2 Å². The van der Waals surface area contributed by atoms with Crippen molar-refractivity contribution in [2.45, 2.75) is 18.9 Å². The molecule has 0 radical (unpaired) electrons. The number of hydrogen-bond acceptors (Lipinski definition) is 3. The fourth-order valence-electron chi connectivity index (χ4n) is 2.19. The Bertz CT molecular complexity index is 494. The highest BCUT2D eigenvalue weighted by Crippen LogP contribution is 2.17. The van der Waals surface area contributed by atoms with Crippen LogP contribution in [-0.4, -0.2) is 29.0 Å². The first-order chi connectivity index (χ1) is 8.92. The second kappa shape index (κ2) is 6.59. The number of benzene rings is 1. The van der Waals surface area contributed by atoms with Gasteiger partial charge in [-0.15, -0.1) is 12.4 Å². The highest BCUT2D eigenvalue weighted by molar-refractivity contribution is 5.85. The van der Waals surface area contributed by atoms with Gasteiger partial charge in [0.1, 0.15) is 6.10 Å². The average molecular weight is 280 g/mol. The molecule has 0 spiro atoms. The van der Waals surface area contributed by atoms with Gasteiger partial charge in [0.05, 0.1) is 18.1 Å². The third-order valence-corrected chi connectivity index (χ3v) is 3.17. The van der Waals surface area contributed by atoms with Crippen molar-refractivity contribution in [1.29, 1.82) is 0 Å². The van der Waals surface area contributed by atoms with Crippen molar-refractivity contribution >= 4 is 12.4 Å². The summed E-state index contributed by atoms with van der Waals surface area (Å²) in [7, 11) is 0. The third kappa shape index (κ3) is 3.49. The number of halogens is 1. The van der Waals surface area contributed by atoms with E-state index in [0.29, 0.717) is 6.10 Å². The molecule has 102 valence electrons. The van der Waals surface area contributed by atoms with E-state index in [1.54, 1.807) is 6.20 Å². The molecule has 1 aromatic carbocycles. The fraction of sp³-hybridized carbons (Fsp3) is 0.357. The number of nitrogens with one attached hydrogen (secondary N) is 1. The first kappa shape index (κ1) is 13.9. The van der Waals surface area contributed by atoms with Crippen LogP contribution in [0.2, 0.25) is 0 Å². The van der Waals surface area contributed by atoms with E-state index < -0.39 is 0 Å². The maximum Gasteiger partial charge on any atom is 0.158 e. The number of ether oxygens (including phenoxy) is 1. The van der Waals surface area contributed by atoms with Crippen LogP contribution in [0, 0.1) is 0 Å². The largest absolute Gasteiger partial charge is 0.487 e. The summed E-state index contributed by atoms with van der Waals surface area (Å²) in [5.74, 6) is 0.853. The summed E-state index contributed by atoms with van der Waals surface area (Å²) in [4.78, 5) is 0. The predicted molar refractivity (Wildman–Crippen MR) is 77.3 cm³/mol. The normalized spacial score (nSPS) is 15.8. The summed E-state index contributed by atoms with van der Waals surface area (Å²) >= 11 is 0. The molecule has 2 aromatic rings. The fourth-order valence-corrected chi connectivity index (χ4v) is 2.19. The molecule has 1 saturated heterocycles. The number of rotatable bonds is 3. The van der Waals surface area contributed by atoms with E-state index in [1.807, 2.05) is 41.2 Å². The van der Waals surface area contributed by atoms with Crippen molar-refractivity contribution < 1.29 is 4.74 Å². The van der Waals surface area contributed by atoms with Crippen molar-refractivity contribution in [1.82, 2.24) is 15.1 Å². The van der Waals surface area contributed by atoms with Crippen molar-refractivity contribution in [3.8, 4) is 11.4 Å². The van der Waals surface area contributed by atoms with Gasteiger partial charge in [-0.25, -0.2) is 4.68 Å². The number of hydrogen-bond donors (Lipinski definition) is 1. The molecule has 0 unspecified atom stereocenters. The molecule has 1 fully saturated rings. The SMILES string of the molecule is Cl.c1ccc(-n2cc(OC3CCNCC3)cn2)cc1. The third-order valence-electron chi connectivity index (χ3n) is 3.17. The minimum Gasteiger partial charge on any atom is -0.487 e. The van der Waals surface area contributed by atoms with Crippen LogP contribution in [0.4, 0.5) is 0 Å². The van der Waals surface area contributed by atoms with Gasteiger partial charge in [-0.3, -0.25) is 0 Å². The predicted octanol–water partition coefficient (Wildman–Crippen LogP) is 2.42. The minimum atomic E-state index is 0. The molecule has 1 aliphatic rings. The van der Waals surface area contributed by atoms with Crippen LogP contribution in [0.3, 0.4) is 0 Å². The van der Waals surface area contributed by atoms with Gasteiger partial charge in [0.2, 0.25) is 0 Å². The quantitative estimate of drug-likeness (QED) is 0.938. The lowest BCUT2D eigenvalue weighted by molar-refractivity contribution is 0.162. The Morgan fingerprint density at radius 1 is 1.16 bits per heavy atom. The smallest absolute Gasteiger partial charge is 0.158 e. The van der Waals surface area contributed by atoms with Crippen LogP contribution in [0.5, 0.6) is 5.75 Å². The molecule has 2 heterocycles. The Kier molecular flexibility index (Phi) is 4.82. The van der Waals surface area contributed by atoms with Crippen LogP contribution in [0.1, 0.15) is 12.8 Å². The summed E-state index contributed by atoms with van der Waals surface area (Å²) in [6.45, 7) is 2.08. The second-order valence-electron chi connectivity index (χ2n) is 4.52. The maximum atomic E-state index is 5.93. The number of nitrogens with zero attached hydrogens (tertiary/aromatic N) is 2. The Balaban J connectivity index is 0.00000133. The van der Waals surface area contributed by atoms with E-state index in [0.717, 1.165) is 37.4 Å². The molecule has 3 rings (SSSR count). The maximum absolute atomic E-state index is 5.93. The molecule has 4 nitrogen and oxygen atoms in total. The molecule has 0 bridgehead atoms. The molecular weight excluding hydrogens is 262 g/mol. The highest BCUT2D eigenvalue weighted by atomic mass is 35.5. The molecule has 1 N–H and O–H groups in total. The Hall–Kier alpha value is -1.52. The van der Waals surface area contributed by atoms with Gasteiger partial charge in [-0.05, 0) is 38.1 Å². The van der Waals surface area contributed by atoms with Crippen LogP contribution in [0.25, 0.3) is 5.69 Å². The van der Waals surface area contributed by atoms with Crippen molar-refractivity contribution in [3.05, 3.63) is 42.7 Å². The zero-order valence-corrected chi connectivity index (χ0v) is 11.5. The van der Waals surface area contributed by atoms with E-state index in [1.165, 1.54) is 0 Å². The van der Waals surface area contributed by atoms with E-state index in [2.05, 4.69) is 10.4 Å². The van der Waals surface area contributed by atoms with Crippen molar-refractivity contribution in [3.63, 3.8) is 0 Å². The van der Waals surface area contributed by atoms with E-state index in [9.17, 15) is 0 Å². The number of para-hydroxylation sites is 1. The zero-order chi connectivity index (χ0) is 12.2. The van der Waals surface area contributed by atoms with Crippen LogP contribution in [0.15, 0.2) is 42.7 Å². The Morgan fingerprint density at radius 2 is 1.89 bits per heavy atom. The van der Waals surface area contributed by atoms with Gasteiger partial charge in [-0.2, -0.15) is 5.10 Å². The van der Waals surface area contributed by atoms with E-state index in [4.69, 9.17) is 4.74 Å². The summed E-state index contributed by atoms with van der Waals surface area (Å²) < 4.78 is 7.78. The lowest BCUT2D eigenvalue weighted by Crippen LogP contribution is -2.34. The van der Waals surface area contributed by atoms with Crippen LogP contribution in [-0.2, 0) is 0 Å². The first-order valence-electron chi connectivity index (χ1n) is 6.39. The Morgan fingerprint density at radius 3 is 2.63 bits per heavy atom. The lowest BCUT2D eigenvalue weighted by atomic mass is 10.1. The summed E-state index contributed by atoms with van der Waals surface area (Å²) in [5, 5.41) is 7.66. The minimum absolute atomic E-state index is 0. The second-order valence-corrected chi connectivity index (χ2v) is 4.52. The summed E-state index contributed by atoms with van der Waals surface area (Å²) in [6, 6.07) is 10.1. The summed E-state index contributed by atoms with van der Waals surface area (Å²) in [5.41, 5.74) is 1.05. The van der Waals surface area contributed by atoms with Gasteiger partial charge < -0.3 is 10.1 Å². The first-order valence-corrected chi connectivity index (χ1v) is 6.39. The summed E-state index contributed by atoms with van der Waals surface area (Å²) in [6.07, 6.45) is 6.18. The van der Waals surface area contributed by atoms with Gasteiger partial charge in [0.25, 0.3) is 0 Å². The van der Waals surface area contributed by atoms with Crippen LogP contribution < -0.4 is 10.1 Å². The molecule has 1 aliphatic heterocycles. The van der Waals surface area contributed by atoms with E-state index in [-0.39, 0.29) is 12.4 Å². The van der Waals surface area contributed by atoms with E-state index >= 15 is 0 Å². The molecule has 5 heteroatoms. The topological polar surface area (TPSA) is 39.1 Å². The monoisotopic (exact) mass is 279 g/mol. The van der Waals surface area contributed by atoms with Gasteiger partial charge in [0.15, 0.2) is 5.75 Å². The lowest BCUT2D eigenvalue weighted by Gasteiger charge is -2.22. The highest BCUT2D eigenvalue weighted by Gasteiger charge is 2.15. The standard InChI is InChI=1S/C14H17N3O.ClH/c1-2-4-12(5-3-1)17-11-14(10-16-17)18-13-6-8-15-9-7-13;/h1-5,10-11,13,15H,6-9H2;1H. The zero-order valence-electron chi connectivity index (χ0n) is 10.7. The van der Waals surface area contributed by atoms with Gasteiger partial charge in [0, 0.05) is 0 Å². The number of piperidine rings is 1. The number of aromatic nitrogens is 2. The molecule has 0 atom stereocenters. The van der Waals surface area contributed by atoms with Crippen molar-refractivity contribution in [2.24, 2.45) is 0 Å². The van der Waals surface area contributed by atoms with Gasteiger partial charge >= 0.3 is 0 Å². The molecule has 0 saturated carbocycles. The molecule has 0 aliphatic carbocycles. The molecule has 19 heavy (non-hydrogen) atoms. The molecule has 1 aromatic heterocycles. The molecule has 0 amide bonds. The van der Waals surface area contributed by atoms with Crippen molar-refractivity contribution in [2.75, 3.05) is 13.1 Å². The Labute approximate surface area is 119 Å².